The van der Waals surface area contributed by atoms with Crippen LogP contribution in [0.25, 0.3) is 0 Å². The minimum Gasteiger partial charge on any atom is -0.550 e. The Morgan fingerprint density at radius 1 is 0.842 bits per heavy atom. The molecule has 0 heterocycles. The lowest BCUT2D eigenvalue weighted by atomic mass is 10.4. The zero-order valence-electron chi connectivity index (χ0n) is 10.4. The van der Waals surface area contributed by atoms with Gasteiger partial charge in [-0.15, -0.1) is 0 Å². The molecule has 0 aliphatic heterocycles. The average Bonchev–Trinajstić information content (AvgIpc) is 2.13. The summed E-state index contributed by atoms with van der Waals surface area (Å²) in [6, 6.07) is 0. The number of carbonyl (C=O) groups excluding carboxylic acids is 4. The van der Waals surface area contributed by atoms with Crippen molar-refractivity contribution >= 4 is 23.9 Å². The maximum absolute atomic E-state index is 9.41. The molecule has 1 atom stereocenters. The lowest BCUT2D eigenvalue weighted by Gasteiger charge is -2.04. The molecule has 1 unspecified atom stereocenters. The van der Waals surface area contributed by atoms with Crippen molar-refractivity contribution in [3.8, 4) is 0 Å². The van der Waals surface area contributed by atoms with Gasteiger partial charge in [0.15, 0.2) is 0 Å². The van der Waals surface area contributed by atoms with Gasteiger partial charge in [-0.2, -0.15) is 0 Å². The van der Waals surface area contributed by atoms with Gasteiger partial charge in [-0.05, 0) is 20.8 Å². The second kappa shape index (κ2) is 18.2. The highest BCUT2D eigenvalue weighted by atomic mass is 16.4. The number of aliphatic hydroxyl groups is 2. The molecule has 0 aromatic carbocycles. The molecule has 0 fully saturated rings. The molecular formula is C9H14O10-4. The molecular weight excluding hydrogens is 268 g/mol. The highest BCUT2D eigenvalue weighted by molar-refractivity contribution is 5.69. The molecule has 0 aromatic rings. The molecule has 114 valence electrons. The Morgan fingerprint density at radius 3 is 1.00 bits per heavy atom. The van der Waals surface area contributed by atoms with Crippen molar-refractivity contribution in [1.82, 2.24) is 0 Å². The monoisotopic (exact) mass is 282 g/mol. The van der Waals surface area contributed by atoms with Crippen LogP contribution in [0.3, 0.4) is 0 Å². The second-order valence-corrected chi connectivity index (χ2v) is 2.49. The van der Waals surface area contributed by atoms with Gasteiger partial charge in [0.1, 0.15) is 6.10 Å². The van der Waals surface area contributed by atoms with Gasteiger partial charge >= 0.3 is 0 Å². The summed E-state index contributed by atoms with van der Waals surface area (Å²) < 4.78 is 0. The molecule has 0 aliphatic rings. The Labute approximate surface area is 108 Å². The summed E-state index contributed by atoms with van der Waals surface area (Å²) in [4.78, 5) is 36.1. The number of hydrogen-bond acceptors (Lipinski definition) is 10. The number of hydrogen-bond donors (Lipinski definition) is 2. The van der Waals surface area contributed by atoms with Gasteiger partial charge in [-0.1, -0.05) is 0 Å². The summed E-state index contributed by atoms with van der Waals surface area (Å²) in [7, 11) is 0. The minimum absolute atomic E-state index is 0.789. The molecule has 19 heavy (non-hydrogen) atoms. The van der Waals surface area contributed by atoms with Gasteiger partial charge in [-0.3, -0.25) is 0 Å². The van der Waals surface area contributed by atoms with Crippen LogP contribution in [0.2, 0.25) is 0 Å². The van der Waals surface area contributed by atoms with Crippen LogP contribution in [0.4, 0.5) is 0 Å². The first-order valence-electron chi connectivity index (χ1n) is 4.40. The number of aliphatic hydroxyl groups excluding tert-OH is 2. The van der Waals surface area contributed by atoms with E-state index < -0.39 is 36.6 Å². The van der Waals surface area contributed by atoms with Gasteiger partial charge in [0, 0.05) is 17.9 Å². The maximum atomic E-state index is 9.41. The Kier molecular flexibility index (Phi) is 24.5. The van der Waals surface area contributed by atoms with Crippen LogP contribution in [0, 0.1) is 0 Å². The van der Waals surface area contributed by atoms with Crippen LogP contribution in [-0.4, -0.2) is 46.8 Å². The van der Waals surface area contributed by atoms with Crippen molar-refractivity contribution in [3.05, 3.63) is 0 Å². The van der Waals surface area contributed by atoms with E-state index in [2.05, 4.69) is 0 Å². The average molecular weight is 282 g/mol. The number of carboxylic acids is 4. The highest BCUT2D eigenvalue weighted by Crippen LogP contribution is 1.72. The SMILES string of the molecule is CC(=O)[O-].CC(=O)[O-].CC(=O)[O-].O=C([O-])C(O)CO. The summed E-state index contributed by atoms with van der Waals surface area (Å²) in [5.74, 6) is -4.90. The molecule has 0 radical (unpaired) electrons. The quantitative estimate of drug-likeness (QED) is 0.490. The highest BCUT2D eigenvalue weighted by Gasteiger charge is 1.98. The fraction of sp³-hybridized carbons (Fsp3) is 0.556. The maximum Gasteiger partial charge on any atom is 0.116 e. The Morgan fingerprint density at radius 2 is 1.00 bits per heavy atom. The molecule has 0 rings (SSSR count). The number of carboxylic acid groups (broad SMARTS) is 4. The first-order valence-corrected chi connectivity index (χ1v) is 4.40. The molecule has 10 heteroatoms. The third-order valence-corrected chi connectivity index (χ3v) is 0.445. The van der Waals surface area contributed by atoms with E-state index in [9.17, 15) is 9.90 Å². The van der Waals surface area contributed by atoms with Crippen LogP contribution < -0.4 is 20.4 Å². The smallest absolute Gasteiger partial charge is 0.116 e. The topological polar surface area (TPSA) is 201 Å². The van der Waals surface area contributed by atoms with Gasteiger partial charge in [0.25, 0.3) is 0 Å². The molecule has 2 N–H and O–H groups in total. The normalized spacial score (nSPS) is 8.89. The van der Waals surface area contributed by atoms with E-state index in [1.54, 1.807) is 0 Å². The molecule has 0 amide bonds. The predicted molar refractivity (Wildman–Crippen MR) is 50.1 cm³/mol. The van der Waals surface area contributed by atoms with E-state index in [0.29, 0.717) is 0 Å². The molecule has 10 nitrogen and oxygen atoms in total. The van der Waals surface area contributed by atoms with E-state index in [4.69, 9.17) is 39.9 Å². The third kappa shape index (κ3) is 208. The zero-order valence-corrected chi connectivity index (χ0v) is 10.4. The van der Waals surface area contributed by atoms with Crippen LogP contribution in [0.5, 0.6) is 0 Å². The Bertz CT molecular complexity index is 232. The van der Waals surface area contributed by atoms with Crippen LogP contribution in [0.1, 0.15) is 20.8 Å². The largest absolute Gasteiger partial charge is 0.550 e. The van der Waals surface area contributed by atoms with Crippen molar-refractivity contribution in [2.24, 2.45) is 0 Å². The second-order valence-electron chi connectivity index (χ2n) is 2.49. The van der Waals surface area contributed by atoms with Gasteiger partial charge < -0.3 is 49.8 Å². The van der Waals surface area contributed by atoms with Crippen LogP contribution in [-0.2, 0) is 19.2 Å². The minimum atomic E-state index is -1.74. The lowest BCUT2D eigenvalue weighted by molar-refractivity contribution is -0.316. The van der Waals surface area contributed by atoms with Gasteiger partial charge in [-0.25, -0.2) is 0 Å². The molecule has 0 aromatic heterocycles. The van der Waals surface area contributed by atoms with Crippen molar-refractivity contribution in [3.63, 3.8) is 0 Å². The van der Waals surface area contributed by atoms with E-state index >= 15 is 0 Å². The standard InChI is InChI=1S/C3H6O4.3C2H4O2/c4-1-2(5)3(6)7;3*1-2(3)4/h2,4-5H,1H2,(H,6,7);3*1H3,(H,3,4)/p-4. The Hall–Kier alpha value is -2.20. The zero-order chi connectivity index (χ0) is 16.6. The number of carbonyl (C=O) groups is 4. The predicted octanol–water partition coefficient (Wildman–Crippen LogP) is -6.64. The third-order valence-electron chi connectivity index (χ3n) is 0.445. The van der Waals surface area contributed by atoms with E-state index in [-0.39, 0.29) is 0 Å². The van der Waals surface area contributed by atoms with Crippen LogP contribution >= 0.6 is 0 Å². The van der Waals surface area contributed by atoms with E-state index in [1.165, 1.54) is 0 Å². The van der Waals surface area contributed by atoms with E-state index in [1.807, 2.05) is 0 Å². The Balaban J connectivity index is -0.0000000825. The summed E-state index contributed by atoms with van der Waals surface area (Å²) in [5, 5.41) is 51.9. The van der Waals surface area contributed by atoms with Crippen LogP contribution in [0.15, 0.2) is 0 Å². The molecule has 0 bridgehead atoms. The van der Waals surface area contributed by atoms with Gasteiger partial charge in [0.05, 0.1) is 12.6 Å². The summed E-state index contributed by atoms with van der Waals surface area (Å²) in [5.41, 5.74) is 0. The van der Waals surface area contributed by atoms with Crippen molar-refractivity contribution in [1.29, 1.82) is 0 Å². The lowest BCUT2D eigenvalue weighted by Crippen LogP contribution is -2.37. The molecule has 0 saturated carbocycles. The molecule has 0 aliphatic carbocycles. The fourth-order valence-electron chi connectivity index (χ4n) is 0.0745. The van der Waals surface area contributed by atoms with E-state index in [0.717, 1.165) is 20.8 Å². The summed E-state index contributed by atoms with van der Waals surface area (Å²) >= 11 is 0. The van der Waals surface area contributed by atoms with Crippen molar-refractivity contribution in [2.45, 2.75) is 26.9 Å². The fourth-order valence-corrected chi connectivity index (χ4v) is 0.0745. The molecule has 0 spiro atoms. The summed E-state index contributed by atoms with van der Waals surface area (Å²) in [6.07, 6.45) is -1.74. The van der Waals surface area contributed by atoms with Gasteiger partial charge in [0.2, 0.25) is 0 Å². The first-order chi connectivity index (χ1) is 8.38. The first kappa shape index (κ1) is 25.6. The summed E-state index contributed by atoms with van der Waals surface area (Å²) in [6.45, 7) is 2.13. The number of aliphatic carboxylic acids is 4. The van der Waals surface area contributed by atoms with Crippen molar-refractivity contribution in [2.75, 3.05) is 6.61 Å². The molecule has 0 saturated heterocycles. The number of rotatable bonds is 2. The van der Waals surface area contributed by atoms with Crippen molar-refractivity contribution < 1.29 is 49.8 Å².